The van der Waals surface area contributed by atoms with Crippen LogP contribution < -0.4 is 5.32 Å². The van der Waals surface area contributed by atoms with E-state index in [4.69, 9.17) is 16.3 Å². The van der Waals surface area contributed by atoms with Gasteiger partial charge in [0.25, 0.3) is 5.91 Å². The highest BCUT2D eigenvalue weighted by Crippen LogP contribution is 2.27. The summed E-state index contributed by atoms with van der Waals surface area (Å²) >= 11 is 7.04. The summed E-state index contributed by atoms with van der Waals surface area (Å²) in [5.74, 6) is -1.13. The lowest BCUT2D eigenvalue weighted by molar-refractivity contribution is -0.119. The second-order valence-electron chi connectivity index (χ2n) is 6.09. The van der Waals surface area contributed by atoms with Crippen molar-refractivity contribution in [2.45, 2.75) is 0 Å². The summed E-state index contributed by atoms with van der Waals surface area (Å²) < 4.78 is 5.00. The van der Waals surface area contributed by atoms with E-state index in [0.29, 0.717) is 5.13 Å². The number of carbonyl (C=O) groups is 2. The highest BCUT2D eigenvalue weighted by atomic mass is 35.5. The van der Waals surface area contributed by atoms with E-state index < -0.39 is 18.5 Å². The second kappa shape index (κ2) is 8.38. The zero-order chi connectivity index (χ0) is 20.2. The monoisotopic (exact) mass is 423 g/mol. The van der Waals surface area contributed by atoms with Crippen molar-refractivity contribution in [2.24, 2.45) is 0 Å². The molecule has 1 amide bonds. The Labute approximate surface area is 175 Å². The van der Waals surface area contributed by atoms with Gasteiger partial charge in [-0.25, -0.2) is 14.8 Å². The molecule has 144 valence electrons. The maximum absolute atomic E-state index is 12.1. The fourth-order valence-corrected chi connectivity index (χ4v) is 3.62. The van der Waals surface area contributed by atoms with E-state index in [9.17, 15) is 9.59 Å². The molecule has 0 fully saturated rings. The zero-order valence-electron chi connectivity index (χ0n) is 15.0. The molecule has 0 unspecified atom stereocenters. The Morgan fingerprint density at radius 2 is 1.90 bits per heavy atom. The number of hydrogen-bond acceptors (Lipinski definition) is 6. The summed E-state index contributed by atoms with van der Waals surface area (Å²) in [4.78, 5) is 32.3. The Balaban J connectivity index is 1.38. The standard InChI is InChI=1S/C21H14ClN3O3S/c22-18-10-16(7-8-23-18)20(27)28-11-19(26)25-21-24-17(12-29-21)15-6-5-13-3-1-2-4-14(13)9-15/h1-10,12H,11H2,(H,24,25,26). The van der Waals surface area contributed by atoms with E-state index in [0.717, 1.165) is 22.0 Å². The van der Waals surface area contributed by atoms with Crippen molar-refractivity contribution in [1.82, 2.24) is 9.97 Å². The minimum atomic E-state index is -0.652. The van der Waals surface area contributed by atoms with Crippen LogP contribution in [0.3, 0.4) is 0 Å². The maximum atomic E-state index is 12.1. The van der Waals surface area contributed by atoms with Crippen molar-refractivity contribution < 1.29 is 14.3 Å². The van der Waals surface area contributed by atoms with Gasteiger partial charge in [0.15, 0.2) is 11.7 Å². The van der Waals surface area contributed by atoms with Crippen molar-refractivity contribution in [1.29, 1.82) is 0 Å². The molecule has 0 spiro atoms. The predicted molar refractivity (Wildman–Crippen MR) is 113 cm³/mol. The minimum Gasteiger partial charge on any atom is -0.452 e. The lowest BCUT2D eigenvalue weighted by Crippen LogP contribution is -2.20. The number of nitrogens with one attached hydrogen (secondary N) is 1. The smallest absolute Gasteiger partial charge is 0.338 e. The van der Waals surface area contributed by atoms with Crippen molar-refractivity contribution in [2.75, 3.05) is 11.9 Å². The van der Waals surface area contributed by atoms with Crippen molar-refractivity contribution in [3.63, 3.8) is 0 Å². The van der Waals surface area contributed by atoms with Crippen LogP contribution in [0.25, 0.3) is 22.0 Å². The molecule has 2 aromatic carbocycles. The van der Waals surface area contributed by atoms with E-state index in [1.807, 2.05) is 41.8 Å². The van der Waals surface area contributed by atoms with Crippen LogP contribution in [0, 0.1) is 0 Å². The Morgan fingerprint density at radius 3 is 2.72 bits per heavy atom. The fraction of sp³-hybridized carbons (Fsp3) is 0.0476. The number of nitrogens with zero attached hydrogens (tertiary/aromatic N) is 2. The molecule has 4 aromatic rings. The number of thiazole rings is 1. The average Bonchev–Trinajstić information content (AvgIpc) is 3.20. The Morgan fingerprint density at radius 1 is 1.07 bits per heavy atom. The van der Waals surface area contributed by atoms with Crippen LogP contribution in [-0.4, -0.2) is 28.5 Å². The van der Waals surface area contributed by atoms with E-state index in [1.165, 1.54) is 29.7 Å². The number of pyridine rings is 1. The molecule has 4 rings (SSSR count). The summed E-state index contributed by atoms with van der Waals surface area (Å²) in [5, 5.41) is 7.38. The molecule has 0 aliphatic heterocycles. The molecule has 8 heteroatoms. The number of ether oxygens (including phenoxy) is 1. The summed E-state index contributed by atoms with van der Waals surface area (Å²) in [6.45, 7) is -0.427. The first-order valence-electron chi connectivity index (χ1n) is 8.62. The number of amides is 1. The normalized spacial score (nSPS) is 10.7. The van der Waals surface area contributed by atoms with Gasteiger partial charge < -0.3 is 4.74 Å². The molecular formula is C21H14ClN3O3S. The molecule has 0 aliphatic carbocycles. The number of aromatic nitrogens is 2. The molecule has 29 heavy (non-hydrogen) atoms. The lowest BCUT2D eigenvalue weighted by Gasteiger charge is -2.05. The maximum Gasteiger partial charge on any atom is 0.338 e. The van der Waals surface area contributed by atoms with Crippen LogP contribution in [0.4, 0.5) is 5.13 Å². The summed E-state index contributed by atoms with van der Waals surface area (Å²) in [5.41, 5.74) is 1.95. The first-order chi connectivity index (χ1) is 14.1. The highest BCUT2D eigenvalue weighted by molar-refractivity contribution is 7.14. The number of anilines is 1. The van der Waals surface area contributed by atoms with Gasteiger partial charge in [-0.2, -0.15) is 0 Å². The van der Waals surface area contributed by atoms with Crippen LogP contribution in [0.15, 0.2) is 66.2 Å². The molecule has 0 saturated carbocycles. The molecule has 2 heterocycles. The van der Waals surface area contributed by atoms with Gasteiger partial charge in [-0.15, -0.1) is 11.3 Å². The number of benzene rings is 2. The average molecular weight is 424 g/mol. The van der Waals surface area contributed by atoms with Crippen molar-refractivity contribution in [3.05, 3.63) is 76.9 Å². The van der Waals surface area contributed by atoms with Gasteiger partial charge >= 0.3 is 5.97 Å². The van der Waals surface area contributed by atoms with Crippen LogP contribution in [-0.2, 0) is 9.53 Å². The van der Waals surface area contributed by atoms with Gasteiger partial charge in [-0.05, 0) is 29.0 Å². The molecule has 0 radical (unpaired) electrons. The van der Waals surface area contributed by atoms with E-state index in [2.05, 4.69) is 21.4 Å². The Hall–Kier alpha value is -3.29. The molecule has 6 nitrogen and oxygen atoms in total. The number of esters is 1. The number of rotatable bonds is 5. The fourth-order valence-electron chi connectivity index (χ4n) is 2.71. The second-order valence-corrected chi connectivity index (χ2v) is 7.34. The summed E-state index contributed by atoms with van der Waals surface area (Å²) in [7, 11) is 0. The number of hydrogen-bond donors (Lipinski definition) is 1. The quantitative estimate of drug-likeness (QED) is 0.368. The summed E-state index contributed by atoms with van der Waals surface area (Å²) in [6, 6.07) is 17.0. The topological polar surface area (TPSA) is 81.2 Å². The van der Waals surface area contributed by atoms with Gasteiger partial charge in [0.1, 0.15) is 5.15 Å². The van der Waals surface area contributed by atoms with Crippen LogP contribution >= 0.6 is 22.9 Å². The third-order valence-electron chi connectivity index (χ3n) is 4.09. The van der Waals surface area contributed by atoms with E-state index in [1.54, 1.807) is 0 Å². The van der Waals surface area contributed by atoms with Crippen molar-refractivity contribution >= 4 is 50.7 Å². The van der Waals surface area contributed by atoms with Crippen LogP contribution in [0.2, 0.25) is 5.15 Å². The molecular weight excluding hydrogens is 410 g/mol. The first kappa shape index (κ1) is 19.0. The summed E-state index contributed by atoms with van der Waals surface area (Å²) in [6.07, 6.45) is 1.39. The molecule has 0 saturated heterocycles. The molecule has 0 aliphatic rings. The Bertz CT molecular complexity index is 1210. The Kier molecular flexibility index (Phi) is 5.50. The van der Waals surface area contributed by atoms with Gasteiger partial charge in [-0.1, -0.05) is 48.0 Å². The SMILES string of the molecule is O=C(COC(=O)c1ccnc(Cl)c1)Nc1nc(-c2ccc3ccccc3c2)cs1. The molecule has 0 atom stereocenters. The highest BCUT2D eigenvalue weighted by Gasteiger charge is 2.13. The first-order valence-corrected chi connectivity index (χ1v) is 9.87. The number of carbonyl (C=O) groups excluding carboxylic acids is 2. The van der Waals surface area contributed by atoms with Gasteiger partial charge in [-0.3, -0.25) is 10.1 Å². The van der Waals surface area contributed by atoms with Crippen molar-refractivity contribution in [3.8, 4) is 11.3 Å². The molecule has 0 bridgehead atoms. The number of halogens is 1. The largest absolute Gasteiger partial charge is 0.452 e. The predicted octanol–water partition coefficient (Wildman–Crippen LogP) is 4.81. The lowest BCUT2D eigenvalue weighted by atomic mass is 10.1. The van der Waals surface area contributed by atoms with E-state index >= 15 is 0 Å². The molecule has 1 N–H and O–H groups in total. The van der Waals surface area contributed by atoms with E-state index in [-0.39, 0.29) is 10.7 Å². The third kappa shape index (κ3) is 4.59. The van der Waals surface area contributed by atoms with Gasteiger partial charge in [0.05, 0.1) is 11.3 Å². The minimum absolute atomic E-state index is 0.174. The van der Waals surface area contributed by atoms with Crippen LogP contribution in [0.5, 0.6) is 0 Å². The van der Waals surface area contributed by atoms with Crippen LogP contribution in [0.1, 0.15) is 10.4 Å². The zero-order valence-corrected chi connectivity index (χ0v) is 16.5. The third-order valence-corrected chi connectivity index (χ3v) is 5.06. The van der Waals surface area contributed by atoms with Gasteiger partial charge in [0.2, 0.25) is 0 Å². The number of fused-ring (bicyclic) bond motifs is 1. The molecule has 2 aromatic heterocycles. The van der Waals surface area contributed by atoms with Gasteiger partial charge in [0, 0.05) is 17.1 Å².